The summed E-state index contributed by atoms with van der Waals surface area (Å²) in [5, 5.41) is 6.36. The number of rotatable bonds is 7. The fraction of sp³-hybridized carbons (Fsp3) is 0.444. The van der Waals surface area contributed by atoms with E-state index in [-0.39, 0.29) is 49.0 Å². The molecule has 0 radical (unpaired) electrons. The van der Waals surface area contributed by atoms with E-state index in [4.69, 9.17) is 21.1 Å². The largest absolute Gasteiger partial charge is 0.490 e. The molecule has 2 aromatic carbocycles. The number of amides is 3. The van der Waals surface area contributed by atoms with Crippen LogP contribution in [0.4, 0.5) is 5.69 Å². The molecule has 1 saturated heterocycles. The number of benzene rings is 2. The van der Waals surface area contributed by atoms with Gasteiger partial charge >= 0.3 is 0 Å². The summed E-state index contributed by atoms with van der Waals surface area (Å²) in [4.78, 5) is 39.5. The van der Waals surface area contributed by atoms with E-state index >= 15 is 0 Å². The van der Waals surface area contributed by atoms with Crippen molar-refractivity contribution in [2.75, 3.05) is 19.0 Å². The van der Waals surface area contributed by atoms with Crippen molar-refractivity contribution >= 4 is 35.0 Å². The van der Waals surface area contributed by atoms with Crippen LogP contribution in [0, 0.1) is 0 Å². The lowest BCUT2D eigenvalue weighted by molar-refractivity contribution is -0.134. The number of anilines is 1. The lowest BCUT2D eigenvalue weighted by Crippen LogP contribution is -2.53. The third kappa shape index (κ3) is 6.17. The topological polar surface area (TPSA) is 97.0 Å². The Balaban J connectivity index is 1.38. The molecule has 0 aromatic heterocycles. The zero-order valence-electron chi connectivity index (χ0n) is 20.6. The zero-order valence-corrected chi connectivity index (χ0v) is 21.3. The number of halogens is 1. The van der Waals surface area contributed by atoms with E-state index in [0.717, 1.165) is 12.0 Å². The highest BCUT2D eigenvalue weighted by molar-refractivity contribution is 6.31. The lowest BCUT2D eigenvalue weighted by atomic mass is 9.94. The summed E-state index contributed by atoms with van der Waals surface area (Å²) in [6.07, 6.45) is 2.11. The number of nitrogens with zero attached hydrogens (tertiary/aromatic N) is 1. The fourth-order valence-corrected chi connectivity index (χ4v) is 4.87. The van der Waals surface area contributed by atoms with Crippen LogP contribution in [0.2, 0.25) is 5.02 Å². The van der Waals surface area contributed by atoms with Gasteiger partial charge in [-0.05, 0) is 49.1 Å². The highest BCUT2D eigenvalue weighted by Gasteiger charge is 2.39. The Kier molecular flexibility index (Phi) is 8.48. The lowest BCUT2D eigenvalue weighted by Gasteiger charge is -2.42. The van der Waals surface area contributed by atoms with E-state index in [1.807, 2.05) is 25.1 Å². The van der Waals surface area contributed by atoms with Gasteiger partial charge in [0, 0.05) is 30.7 Å². The molecule has 4 rings (SSSR count). The number of fused-ring (bicyclic) bond motifs is 2. The predicted octanol–water partition coefficient (Wildman–Crippen LogP) is 4.17. The van der Waals surface area contributed by atoms with E-state index in [0.29, 0.717) is 47.8 Å². The van der Waals surface area contributed by atoms with Gasteiger partial charge in [0.15, 0.2) is 0 Å². The van der Waals surface area contributed by atoms with Gasteiger partial charge < -0.3 is 25.0 Å². The summed E-state index contributed by atoms with van der Waals surface area (Å²) in [5.74, 6) is 0.0538. The first-order valence-corrected chi connectivity index (χ1v) is 12.7. The van der Waals surface area contributed by atoms with Crippen molar-refractivity contribution in [2.45, 2.75) is 63.8 Å². The molecule has 2 aromatic rings. The molecule has 36 heavy (non-hydrogen) atoms. The Bertz CT molecular complexity index is 1120. The number of likely N-dealkylation sites (N-methyl/N-ethyl adjacent to an activating group) is 1. The summed E-state index contributed by atoms with van der Waals surface area (Å²) in [5.41, 5.74) is 1.83. The van der Waals surface area contributed by atoms with Gasteiger partial charge in [0.05, 0.1) is 24.1 Å². The molecule has 0 saturated carbocycles. The quantitative estimate of drug-likeness (QED) is 0.579. The molecule has 3 amide bonds. The Labute approximate surface area is 216 Å². The van der Waals surface area contributed by atoms with Crippen molar-refractivity contribution in [1.82, 2.24) is 10.2 Å². The van der Waals surface area contributed by atoms with Gasteiger partial charge in [-0.3, -0.25) is 14.4 Å². The highest BCUT2D eigenvalue weighted by atomic mass is 35.5. The first-order chi connectivity index (χ1) is 17.4. The molecule has 0 unspecified atom stereocenters. The molecule has 1 fully saturated rings. The third-order valence-corrected chi connectivity index (χ3v) is 6.99. The monoisotopic (exact) mass is 513 g/mol. The molecular formula is C27H32ClN3O5. The van der Waals surface area contributed by atoms with Crippen LogP contribution in [-0.2, 0) is 20.9 Å². The number of carbonyl (C=O) groups excluding carboxylic acids is 3. The average molecular weight is 514 g/mol. The van der Waals surface area contributed by atoms with E-state index in [9.17, 15) is 14.4 Å². The van der Waals surface area contributed by atoms with E-state index < -0.39 is 0 Å². The number of nitrogens with one attached hydrogen (secondary N) is 2. The van der Waals surface area contributed by atoms with Gasteiger partial charge in [0.25, 0.3) is 5.91 Å². The van der Waals surface area contributed by atoms with Gasteiger partial charge in [-0.2, -0.15) is 0 Å². The van der Waals surface area contributed by atoms with Crippen molar-refractivity contribution in [3.63, 3.8) is 0 Å². The van der Waals surface area contributed by atoms with E-state index in [1.165, 1.54) is 0 Å². The fourth-order valence-electron chi connectivity index (χ4n) is 4.67. The molecule has 0 bridgehead atoms. The molecule has 9 heteroatoms. The standard InChI is InChI=1S/C27H32ClN3O5/c1-3-6-25(32)30-18-9-12-23-20(13-18)27(34)31(2)22-11-10-19(36-24(22)16-35-23)14-26(33)29-15-17-7-4-5-8-21(17)28/h4-5,7-9,12-13,19,22,24H,3,6,10-11,14-16H2,1-2H3,(H,29,33)(H,30,32)/t19-,22-,24+/m1/s1. The first kappa shape index (κ1) is 26.0. The Morgan fingerprint density at radius 3 is 2.72 bits per heavy atom. The maximum absolute atomic E-state index is 13.3. The smallest absolute Gasteiger partial charge is 0.257 e. The van der Waals surface area contributed by atoms with Crippen LogP contribution in [0.3, 0.4) is 0 Å². The molecule has 0 spiro atoms. The van der Waals surface area contributed by atoms with E-state index in [2.05, 4.69) is 10.6 Å². The number of ether oxygens (including phenoxy) is 2. The molecule has 2 aliphatic heterocycles. The minimum atomic E-state index is -0.355. The molecule has 8 nitrogen and oxygen atoms in total. The van der Waals surface area contributed by atoms with Gasteiger partial charge in [-0.15, -0.1) is 0 Å². The van der Waals surface area contributed by atoms with Gasteiger partial charge in [0.2, 0.25) is 11.8 Å². The van der Waals surface area contributed by atoms with Crippen molar-refractivity contribution in [2.24, 2.45) is 0 Å². The Hall–Kier alpha value is -3.10. The van der Waals surface area contributed by atoms with Crippen LogP contribution in [0.15, 0.2) is 42.5 Å². The van der Waals surface area contributed by atoms with Crippen molar-refractivity contribution in [1.29, 1.82) is 0 Å². The second-order valence-corrected chi connectivity index (χ2v) is 9.66. The van der Waals surface area contributed by atoms with Crippen molar-refractivity contribution < 1.29 is 23.9 Å². The molecule has 3 atom stereocenters. The molecular weight excluding hydrogens is 482 g/mol. The Morgan fingerprint density at radius 2 is 1.94 bits per heavy atom. The second kappa shape index (κ2) is 11.8. The third-order valence-electron chi connectivity index (χ3n) is 6.62. The van der Waals surface area contributed by atoms with Crippen molar-refractivity contribution in [3.05, 3.63) is 58.6 Å². The van der Waals surface area contributed by atoms with Crippen molar-refractivity contribution in [3.8, 4) is 5.75 Å². The second-order valence-electron chi connectivity index (χ2n) is 9.25. The molecule has 0 aliphatic carbocycles. The Morgan fingerprint density at radius 1 is 1.14 bits per heavy atom. The predicted molar refractivity (Wildman–Crippen MR) is 137 cm³/mol. The van der Waals surface area contributed by atoms with Crippen LogP contribution < -0.4 is 15.4 Å². The first-order valence-electron chi connectivity index (χ1n) is 12.3. The summed E-state index contributed by atoms with van der Waals surface area (Å²) in [7, 11) is 1.76. The maximum Gasteiger partial charge on any atom is 0.257 e. The van der Waals surface area contributed by atoms with Crippen LogP contribution in [0.25, 0.3) is 0 Å². The van der Waals surface area contributed by atoms with E-state index in [1.54, 1.807) is 36.2 Å². The number of hydrogen-bond acceptors (Lipinski definition) is 5. The summed E-state index contributed by atoms with van der Waals surface area (Å²) >= 11 is 6.17. The average Bonchev–Trinajstić information content (AvgIpc) is 2.86. The van der Waals surface area contributed by atoms with Crippen LogP contribution in [-0.4, -0.2) is 54.5 Å². The SMILES string of the molecule is CCCC(=O)Nc1ccc2c(c1)C(=O)N(C)[C@@H]1CC[C@H](CC(=O)NCc3ccccc3Cl)O[C@H]1CO2. The molecule has 2 aliphatic rings. The maximum atomic E-state index is 13.3. The molecule has 192 valence electrons. The number of hydrogen-bond donors (Lipinski definition) is 2. The van der Waals surface area contributed by atoms with Gasteiger partial charge in [-0.25, -0.2) is 0 Å². The number of carbonyl (C=O) groups is 3. The normalized spacial score (nSPS) is 21.4. The minimum Gasteiger partial charge on any atom is -0.490 e. The van der Waals surface area contributed by atoms with Gasteiger partial charge in [-0.1, -0.05) is 36.7 Å². The zero-order chi connectivity index (χ0) is 25.7. The highest BCUT2D eigenvalue weighted by Crippen LogP contribution is 2.32. The minimum absolute atomic E-state index is 0.0901. The summed E-state index contributed by atoms with van der Waals surface area (Å²) in [6.45, 7) is 2.55. The van der Waals surface area contributed by atoms with Crippen LogP contribution in [0.1, 0.15) is 54.9 Å². The van der Waals surface area contributed by atoms with Gasteiger partial charge in [0.1, 0.15) is 18.5 Å². The molecule has 2 N–H and O–H groups in total. The van der Waals surface area contributed by atoms with Crippen LogP contribution >= 0.6 is 11.6 Å². The summed E-state index contributed by atoms with van der Waals surface area (Å²) < 4.78 is 12.2. The van der Waals surface area contributed by atoms with Crippen LogP contribution in [0.5, 0.6) is 5.75 Å². The summed E-state index contributed by atoms with van der Waals surface area (Å²) in [6, 6.07) is 12.3. The molecule has 2 heterocycles.